The first-order valence-corrected chi connectivity index (χ1v) is 6.19. The molecule has 0 aliphatic rings. The van der Waals surface area contributed by atoms with Crippen LogP contribution in [0.4, 0.5) is 0 Å². The molecule has 1 nitrogen and oxygen atoms in total. The number of aryl methyl sites for hydroxylation is 1. The van der Waals surface area contributed by atoms with Crippen LogP contribution in [0.15, 0.2) is 18.2 Å². The molecule has 1 heteroatoms. The smallest absolute Gasteiger partial charge is 0.123 e. The zero-order chi connectivity index (χ0) is 12.2. The largest absolute Gasteiger partial charge is 0.493 e. The zero-order valence-electron chi connectivity index (χ0n) is 11.3. The SMILES string of the molecule is CCCCOc1cc(C)ccc1C(C)(C)C. The number of hydrogen-bond acceptors (Lipinski definition) is 1. The molecule has 0 N–H and O–H groups in total. The molecule has 0 bridgehead atoms. The van der Waals surface area contributed by atoms with Crippen molar-refractivity contribution < 1.29 is 4.74 Å². The lowest BCUT2D eigenvalue weighted by Crippen LogP contribution is -2.14. The average Bonchev–Trinajstić information content (AvgIpc) is 2.16. The lowest BCUT2D eigenvalue weighted by atomic mass is 9.86. The lowest BCUT2D eigenvalue weighted by Gasteiger charge is -2.23. The maximum absolute atomic E-state index is 5.88. The molecule has 0 saturated carbocycles. The van der Waals surface area contributed by atoms with Crippen LogP contribution in [0.1, 0.15) is 51.7 Å². The molecule has 0 unspecified atom stereocenters. The first kappa shape index (κ1) is 13.1. The first-order chi connectivity index (χ1) is 7.45. The van der Waals surface area contributed by atoms with Crippen LogP contribution in [0.5, 0.6) is 5.75 Å². The highest BCUT2D eigenvalue weighted by Crippen LogP contribution is 2.32. The molecule has 0 aromatic heterocycles. The van der Waals surface area contributed by atoms with Gasteiger partial charge in [-0.25, -0.2) is 0 Å². The highest BCUT2D eigenvalue weighted by Gasteiger charge is 2.18. The van der Waals surface area contributed by atoms with Gasteiger partial charge in [-0.1, -0.05) is 46.2 Å². The molecular weight excluding hydrogens is 196 g/mol. The summed E-state index contributed by atoms with van der Waals surface area (Å²) in [6, 6.07) is 6.50. The number of rotatable bonds is 4. The molecule has 1 aromatic carbocycles. The van der Waals surface area contributed by atoms with E-state index in [4.69, 9.17) is 4.74 Å². The Kier molecular flexibility index (Phi) is 4.40. The van der Waals surface area contributed by atoms with Gasteiger partial charge in [-0.3, -0.25) is 0 Å². The second kappa shape index (κ2) is 5.38. The fourth-order valence-corrected chi connectivity index (χ4v) is 1.70. The standard InChI is InChI=1S/C15H24O/c1-6-7-10-16-14-11-12(2)8-9-13(14)15(3,4)5/h8-9,11H,6-7,10H2,1-5H3. The Bertz CT molecular complexity index is 334. The van der Waals surface area contributed by atoms with Gasteiger partial charge in [0.05, 0.1) is 6.61 Å². The van der Waals surface area contributed by atoms with E-state index in [2.05, 4.69) is 52.8 Å². The van der Waals surface area contributed by atoms with Gasteiger partial charge < -0.3 is 4.74 Å². The average molecular weight is 220 g/mol. The maximum Gasteiger partial charge on any atom is 0.123 e. The fraction of sp³-hybridized carbons (Fsp3) is 0.600. The third kappa shape index (κ3) is 3.55. The van der Waals surface area contributed by atoms with E-state index >= 15 is 0 Å². The molecule has 0 heterocycles. The third-order valence-corrected chi connectivity index (χ3v) is 2.70. The van der Waals surface area contributed by atoms with Gasteiger partial charge in [-0.15, -0.1) is 0 Å². The van der Waals surface area contributed by atoms with Gasteiger partial charge in [-0.2, -0.15) is 0 Å². The Balaban J connectivity index is 2.90. The Morgan fingerprint density at radius 2 is 1.88 bits per heavy atom. The molecule has 0 spiro atoms. The van der Waals surface area contributed by atoms with Crippen LogP contribution in [-0.2, 0) is 5.41 Å². The molecule has 0 saturated heterocycles. The minimum Gasteiger partial charge on any atom is -0.493 e. The Labute approximate surface area is 99.8 Å². The Morgan fingerprint density at radius 1 is 1.19 bits per heavy atom. The van der Waals surface area contributed by atoms with Crippen LogP contribution < -0.4 is 4.74 Å². The van der Waals surface area contributed by atoms with Gasteiger partial charge in [0.2, 0.25) is 0 Å². The van der Waals surface area contributed by atoms with Crippen LogP contribution in [-0.4, -0.2) is 6.61 Å². The summed E-state index contributed by atoms with van der Waals surface area (Å²) < 4.78 is 5.88. The number of unbranched alkanes of at least 4 members (excludes halogenated alkanes) is 1. The van der Waals surface area contributed by atoms with Crippen molar-refractivity contribution in [3.63, 3.8) is 0 Å². The maximum atomic E-state index is 5.88. The molecule has 90 valence electrons. The molecule has 0 fully saturated rings. The van der Waals surface area contributed by atoms with E-state index in [1.54, 1.807) is 0 Å². The van der Waals surface area contributed by atoms with Crippen molar-refractivity contribution in [1.29, 1.82) is 0 Å². The van der Waals surface area contributed by atoms with E-state index in [1.165, 1.54) is 17.5 Å². The predicted octanol–water partition coefficient (Wildman–Crippen LogP) is 4.47. The highest BCUT2D eigenvalue weighted by atomic mass is 16.5. The molecule has 0 aliphatic heterocycles. The first-order valence-electron chi connectivity index (χ1n) is 6.19. The second-order valence-electron chi connectivity index (χ2n) is 5.45. The molecule has 1 aromatic rings. The fourth-order valence-electron chi connectivity index (χ4n) is 1.70. The summed E-state index contributed by atoms with van der Waals surface area (Å²) in [5.41, 5.74) is 2.71. The van der Waals surface area contributed by atoms with Gasteiger partial charge >= 0.3 is 0 Å². The van der Waals surface area contributed by atoms with Gasteiger partial charge in [-0.05, 0) is 36.0 Å². The van der Waals surface area contributed by atoms with Crippen molar-refractivity contribution in [2.45, 2.75) is 52.9 Å². The Hall–Kier alpha value is -0.980. The number of benzene rings is 1. The van der Waals surface area contributed by atoms with Gasteiger partial charge in [0.15, 0.2) is 0 Å². The van der Waals surface area contributed by atoms with Crippen LogP contribution in [0.25, 0.3) is 0 Å². The van der Waals surface area contributed by atoms with E-state index in [0.717, 1.165) is 18.8 Å². The molecule has 0 radical (unpaired) electrons. The summed E-state index contributed by atoms with van der Waals surface area (Å²) in [6.07, 6.45) is 2.30. The van der Waals surface area contributed by atoms with Crippen molar-refractivity contribution in [3.8, 4) is 5.75 Å². The summed E-state index contributed by atoms with van der Waals surface area (Å²) >= 11 is 0. The second-order valence-corrected chi connectivity index (χ2v) is 5.45. The molecular formula is C15H24O. The van der Waals surface area contributed by atoms with Crippen LogP contribution >= 0.6 is 0 Å². The quantitative estimate of drug-likeness (QED) is 0.680. The molecule has 0 atom stereocenters. The third-order valence-electron chi connectivity index (χ3n) is 2.70. The summed E-state index contributed by atoms with van der Waals surface area (Å²) in [4.78, 5) is 0. The summed E-state index contributed by atoms with van der Waals surface area (Å²) in [7, 11) is 0. The molecule has 16 heavy (non-hydrogen) atoms. The monoisotopic (exact) mass is 220 g/mol. The van der Waals surface area contributed by atoms with Crippen molar-refractivity contribution in [3.05, 3.63) is 29.3 Å². The summed E-state index contributed by atoms with van der Waals surface area (Å²) in [5.74, 6) is 1.06. The van der Waals surface area contributed by atoms with Gasteiger partial charge in [0.1, 0.15) is 5.75 Å². The van der Waals surface area contributed by atoms with Crippen molar-refractivity contribution in [2.24, 2.45) is 0 Å². The zero-order valence-corrected chi connectivity index (χ0v) is 11.3. The van der Waals surface area contributed by atoms with Crippen molar-refractivity contribution in [2.75, 3.05) is 6.61 Å². The number of hydrogen-bond donors (Lipinski definition) is 0. The van der Waals surface area contributed by atoms with Gasteiger partial charge in [0.25, 0.3) is 0 Å². The van der Waals surface area contributed by atoms with E-state index in [0.29, 0.717) is 0 Å². The van der Waals surface area contributed by atoms with E-state index in [9.17, 15) is 0 Å². The minimum atomic E-state index is 0.148. The minimum absolute atomic E-state index is 0.148. The van der Waals surface area contributed by atoms with E-state index in [-0.39, 0.29) is 5.41 Å². The van der Waals surface area contributed by atoms with Crippen molar-refractivity contribution >= 4 is 0 Å². The van der Waals surface area contributed by atoms with Gasteiger partial charge in [0, 0.05) is 0 Å². The number of ether oxygens (including phenoxy) is 1. The topological polar surface area (TPSA) is 9.23 Å². The van der Waals surface area contributed by atoms with Crippen LogP contribution in [0.2, 0.25) is 0 Å². The Morgan fingerprint density at radius 3 is 2.44 bits per heavy atom. The predicted molar refractivity (Wildman–Crippen MR) is 70.3 cm³/mol. The molecule has 0 aliphatic carbocycles. The van der Waals surface area contributed by atoms with Crippen molar-refractivity contribution in [1.82, 2.24) is 0 Å². The van der Waals surface area contributed by atoms with E-state index in [1.807, 2.05) is 0 Å². The van der Waals surface area contributed by atoms with Crippen LogP contribution in [0, 0.1) is 6.92 Å². The molecule has 0 amide bonds. The summed E-state index contributed by atoms with van der Waals surface area (Å²) in [6.45, 7) is 11.8. The lowest BCUT2D eigenvalue weighted by molar-refractivity contribution is 0.301. The summed E-state index contributed by atoms with van der Waals surface area (Å²) in [5, 5.41) is 0. The van der Waals surface area contributed by atoms with Crippen LogP contribution in [0.3, 0.4) is 0 Å². The van der Waals surface area contributed by atoms with E-state index < -0.39 is 0 Å². The normalized spacial score (nSPS) is 11.6. The molecule has 1 rings (SSSR count). The highest BCUT2D eigenvalue weighted by molar-refractivity contribution is 5.41.